The zero-order chi connectivity index (χ0) is 40.6. The van der Waals surface area contributed by atoms with Crippen LogP contribution in [0.1, 0.15) is 92.6 Å². The number of rotatable bonds is 19. The SMILES string of the molecule is CC(C)CCC(=O)NC(C(=O)NC(CCCNC(N)=O)C(=O)Nc1ccc(COC(=O)[NH][Hg][Br])cc1)C(C)C.CC(C)CCO.CCC(N)=O.NS. The molecule has 2 unspecified atom stereocenters. The van der Waals surface area contributed by atoms with Crippen LogP contribution < -0.4 is 41.0 Å². The number of anilines is 1. The van der Waals surface area contributed by atoms with Crippen LogP contribution in [0.3, 0.4) is 0 Å². The first-order valence-corrected chi connectivity index (χ1v) is 32.3. The van der Waals surface area contributed by atoms with Crippen LogP contribution in [0, 0.1) is 17.8 Å². The molecule has 296 valence electrons. The molecule has 1 aromatic rings. The van der Waals surface area contributed by atoms with E-state index in [0.29, 0.717) is 49.8 Å². The Morgan fingerprint density at radius 2 is 1.44 bits per heavy atom. The summed E-state index contributed by atoms with van der Waals surface area (Å²) in [6.45, 7) is 14.2. The molecule has 0 heterocycles. The molecule has 7 amide bonds. The van der Waals surface area contributed by atoms with Gasteiger partial charge in [-0.05, 0) is 37.0 Å². The maximum Gasteiger partial charge on any atom is 0.217 e. The number of aliphatic hydroxyl groups is 1. The van der Waals surface area contributed by atoms with Crippen LogP contribution in [0.5, 0.6) is 0 Å². The van der Waals surface area contributed by atoms with Gasteiger partial charge in [0.05, 0.1) is 0 Å². The second kappa shape index (κ2) is 34.1. The van der Waals surface area contributed by atoms with E-state index < -0.39 is 58.5 Å². The van der Waals surface area contributed by atoms with Gasteiger partial charge in [0.1, 0.15) is 6.04 Å². The van der Waals surface area contributed by atoms with E-state index in [9.17, 15) is 28.8 Å². The summed E-state index contributed by atoms with van der Waals surface area (Å²) in [4.78, 5) is 70.8. The van der Waals surface area contributed by atoms with Gasteiger partial charge in [0.15, 0.2) is 0 Å². The fourth-order valence-electron chi connectivity index (χ4n) is 3.67. The fourth-order valence-corrected chi connectivity index (χ4v) is 6.50. The third kappa shape index (κ3) is 32.0. The van der Waals surface area contributed by atoms with Crippen molar-refractivity contribution in [3.63, 3.8) is 0 Å². The minimum absolute atomic E-state index is 0.0892. The number of nitrogens with two attached hydrogens (primary N) is 3. The van der Waals surface area contributed by atoms with Gasteiger partial charge in [0, 0.05) is 26.0 Å². The van der Waals surface area contributed by atoms with Crippen molar-refractivity contribution in [2.75, 3.05) is 18.5 Å². The number of aliphatic hydroxyl groups excluding tert-OH is 1. The molecule has 0 fully saturated rings. The van der Waals surface area contributed by atoms with Gasteiger partial charge in [-0.15, -0.1) is 12.8 Å². The van der Waals surface area contributed by atoms with Crippen molar-refractivity contribution in [1.82, 2.24) is 19.0 Å². The monoisotopic (exact) mass is 1010 g/mol. The number of nitrogens with one attached hydrogen (secondary N) is 5. The number of thiol groups is 1. The van der Waals surface area contributed by atoms with Gasteiger partial charge in [-0.3, -0.25) is 19.5 Å². The van der Waals surface area contributed by atoms with E-state index >= 15 is 0 Å². The van der Waals surface area contributed by atoms with Gasteiger partial charge in [-0.1, -0.05) is 48.5 Å². The first-order valence-electron chi connectivity index (χ1n) is 17.1. The molecule has 0 saturated heterocycles. The molecule has 16 nitrogen and oxygen atoms in total. The van der Waals surface area contributed by atoms with Gasteiger partial charge >= 0.3 is 135 Å². The molecule has 1 rings (SSSR count). The number of ether oxygens (including phenoxy) is 1. The number of carbonyl (C=O) groups is 6. The molecule has 0 aromatic heterocycles. The van der Waals surface area contributed by atoms with Gasteiger partial charge in [0.2, 0.25) is 17.7 Å². The Kier molecular flexibility index (Phi) is 35.2. The molecule has 0 bridgehead atoms. The maximum absolute atomic E-state index is 13.1. The van der Waals surface area contributed by atoms with Crippen molar-refractivity contribution in [2.45, 2.75) is 106 Å². The van der Waals surface area contributed by atoms with Crippen molar-refractivity contribution in [3.8, 4) is 0 Å². The van der Waals surface area contributed by atoms with Crippen LogP contribution >= 0.6 is 24.7 Å². The van der Waals surface area contributed by atoms with Crippen LogP contribution in [0.4, 0.5) is 15.3 Å². The van der Waals surface area contributed by atoms with E-state index in [-0.39, 0.29) is 37.3 Å². The Bertz CT molecular complexity index is 1170. The number of hydrogen-bond acceptors (Lipinski definition) is 10. The minimum Gasteiger partial charge on any atom is -0.396 e. The summed E-state index contributed by atoms with van der Waals surface area (Å²) in [6, 6.07) is 4.34. The van der Waals surface area contributed by atoms with Crippen molar-refractivity contribution in [1.29, 1.82) is 0 Å². The second-order valence-corrected chi connectivity index (χ2v) is 19.8. The minimum atomic E-state index is -1.51. The number of urea groups is 1. The molecule has 0 radical (unpaired) electrons. The predicted octanol–water partition coefficient (Wildman–Crippen LogP) is 3.37. The molecular weight excluding hydrogens is 949 g/mol. The van der Waals surface area contributed by atoms with Crippen LogP contribution in [-0.4, -0.2) is 66.1 Å². The molecule has 0 aliphatic rings. The van der Waals surface area contributed by atoms with Crippen molar-refractivity contribution in [3.05, 3.63) is 29.8 Å². The molecule has 0 aliphatic carbocycles. The maximum atomic E-state index is 13.1. The largest absolute Gasteiger partial charge is 0.396 e. The zero-order valence-corrected chi connectivity index (χ0v) is 39.6. The van der Waals surface area contributed by atoms with Gasteiger partial charge < -0.3 is 27.2 Å². The number of hydrogen-bond donors (Lipinski definition) is 10. The molecule has 0 saturated carbocycles. The topological polar surface area (TPSA) is 270 Å². The molecule has 52 heavy (non-hydrogen) atoms. The fraction of sp³-hybridized carbons (Fsp3) is 0.636. The average molecular weight is 1010 g/mol. The summed E-state index contributed by atoms with van der Waals surface area (Å²) < 4.78 is 7.79. The number of carbonyl (C=O) groups excluding carboxylic acids is 6. The Labute approximate surface area is 332 Å². The number of amides is 7. The molecule has 19 heteroatoms. The van der Waals surface area contributed by atoms with E-state index in [1.54, 1.807) is 31.2 Å². The summed E-state index contributed by atoms with van der Waals surface area (Å²) in [5.74, 6) is -0.591. The Balaban J connectivity index is -0.00000157. The third-order valence-electron chi connectivity index (χ3n) is 6.67. The van der Waals surface area contributed by atoms with E-state index in [4.69, 9.17) is 15.6 Å². The van der Waals surface area contributed by atoms with E-state index in [0.717, 1.165) is 12.0 Å². The van der Waals surface area contributed by atoms with Crippen LogP contribution in [0.15, 0.2) is 24.3 Å². The Morgan fingerprint density at radius 1 is 0.885 bits per heavy atom. The molecule has 0 aliphatic heterocycles. The summed E-state index contributed by atoms with van der Waals surface area (Å²) in [5, 5.41) is 23.2. The number of benzene rings is 1. The van der Waals surface area contributed by atoms with Gasteiger partial charge in [-0.2, -0.15) is 0 Å². The van der Waals surface area contributed by atoms with Crippen molar-refractivity contribution >= 4 is 66.2 Å². The summed E-state index contributed by atoms with van der Waals surface area (Å²) in [5.41, 5.74) is 11.0. The average Bonchev–Trinajstić information content (AvgIpc) is 3.08. The van der Waals surface area contributed by atoms with Crippen LogP contribution in [0.2, 0.25) is 0 Å². The van der Waals surface area contributed by atoms with Gasteiger partial charge in [0.25, 0.3) is 0 Å². The quantitative estimate of drug-likeness (QED) is 0.0553. The molecule has 2 atom stereocenters. The van der Waals surface area contributed by atoms with E-state index in [1.165, 1.54) is 0 Å². The van der Waals surface area contributed by atoms with Crippen LogP contribution in [-0.2, 0) is 53.0 Å². The first kappa shape index (κ1) is 53.7. The molecule has 12 N–H and O–H groups in total. The van der Waals surface area contributed by atoms with E-state index in [2.05, 4.69) is 73.8 Å². The standard InChI is InChI=1S/C25H40N6O6.C5H12O.C3H7NO.BrH.Hg.H3NS/c1-15(2)7-12-20(32)31-21(16(3)4)23(34)30-19(6-5-13-28-24(26)35)22(33)29-18-10-8-17(9-11-18)14-37-25(27)36;1-5(2)3-4-6;1-2-3(4)5;;;1-2/h8-11,15-16,19,21H,5-7,12-14H2,1-4H3,(H8,26,27,28,29,30,31,32,33,34,35,36);5-6H,3-4H2,1-2H3;2H2,1H3,(H2,4,5);1H;;2H,1H2/q;;;;+2;/p-2. The summed E-state index contributed by atoms with van der Waals surface area (Å²) in [6.07, 6.45) is 2.52. The van der Waals surface area contributed by atoms with Crippen molar-refractivity contribution < 1.29 is 61.1 Å². The molecule has 1 aromatic carbocycles. The second-order valence-electron chi connectivity index (χ2n) is 12.5. The predicted molar refractivity (Wildman–Crippen MR) is 206 cm³/mol. The smallest absolute Gasteiger partial charge is 0.217 e. The number of halogens is 1. The Morgan fingerprint density at radius 3 is 1.87 bits per heavy atom. The molecule has 0 spiro atoms. The Hall–Kier alpha value is -2.67. The number of primary amides is 2. The van der Waals surface area contributed by atoms with Crippen molar-refractivity contribution in [2.24, 2.45) is 34.4 Å². The van der Waals surface area contributed by atoms with E-state index in [1.807, 2.05) is 27.7 Å². The zero-order valence-electron chi connectivity index (χ0n) is 31.6. The third-order valence-corrected chi connectivity index (χ3v) is 10.8. The van der Waals surface area contributed by atoms with Gasteiger partial charge in [-0.25, -0.2) is 4.79 Å². The summed E-state index contributed by atoms with van der Waals surface area (Å²) in [7, 11) is 0. The normalized spacial score (nSPS) is 11.0. The summed E-state index contributed by atoms with van der Waals surface area (Å²) >= 11 is 4.82. The first-order chi connectivity index (χ1) is 24.5. The molecular formula is C33H61BrHgN8O8S. The van der Waals surface area contributed by atoms with Crippen LogP contribution in [0.25, 0.3) is 0 Å².